The van der Waals surface area contributed by atoms with Crippen LogP contribution in [0.5, 0.6) is 0 Å². The van der Waals surface area contributed by atoms with Crippen LogP contribution in [0.25, 0.3) is 0 Å². The smallest absolute Gasteiger partial charge is 0.306 e. The highest BCUT2D eigenvalue weighted by molar-refractivity contribution is 5.71. The van der Waals surface area contributed by atoms with Gasteiger partial charge in [0.2, 0.25) is 0 Å². The second kappa shape index (κ2) is 65.6. The van der Waals surface area contributed by atoms with E-state index in [-0.39, 0.29) is 37.5 Å². The Bertz CT molecular complexity index is 1570. The molecule has 0 aliphatic rings. The molecule has 446 valence electrons. The zero-order valence-electron chi connectivity index (χ0n) is 51.2. The van der Waals surface area contributed by atoms with Gasteiger partial charge in [-0.2, -0.15) is 0 Å². The van der Waals surface area contributed by atoms with Crippen LogP contribution in [0.3, 0.4) is 0 Å². The molecule has 0 bridgehead atoms. The van der Waals surface area contributed by atoms with Crippen molar-refractivity contribution in [3.63, 3.8) is 0 Å². The van der Waals surface area contributed by atoms with Crippen molar-refractivity contribution in [1.82, 2.24) is 0 Å². The molecule has 78 heavy (non-hydrogen) atoms. The third-order valence-corrected chi connectivity index (χ3v) is 14.0. The topological polar surface area (TPSA) is 78.9 Å². The van der Waals surface area contributed by atoms with Gasteiger partial charge in [0.1, 0.15) is 13.2 Å². The highest BCUT2D eigenvalue weighted by atomic mass is 16.6. The largest absolute Gasteiger partial charge is 0.462 e. The summed E-state index contributed by atoms with van der Waals surface area (Å²) in [7, 11) is 0. The highest BCUT2D eigenvalue weighted by Gasteiger charge is 2.19. The zero-order valence-corrected chi connectivity index (χ0v) is 51.2. The Morgan fingerprint density at radius 3 is 0.833 bits per heavy atom. The molecule has 0 spiro atoms. The van der Waals surface area contributed by atoms with E-state index in [4.69, 9.17) is 14.2 Å². The number of carbonyl (C=O) groups is 3. The molecule has 0 amide bonds. The molecular weight excluding hydrogens is 961 g/mol. The standard InChI is InChI=1S/C72H122O6/c1-4-7-10-13-16-19-22-25-28-31-33-34-35-36-37-39-41-44-47-50-53-56-59-62-65-71(74)77-68-69(67-76-70(73)64-61-58-55-52-49-46-43-40-30-27-24-21-18-15-12-9-6-3)78-72(75)66-63-60-57-54-51-48-45-42-38-32-29-26-23-20-17-14-11-8-5-2/h8-9,11-12,17-18,20-21,26-27,29-30,38,42-43,46,52,55,69H,4-7,10,13-16,19,22-25,28,31-37,39-41,44-45,47-51,53-54,56-68H2,1-3H3/b11-8-,12-9-,20-17-,21-18-,29-26-,30-27-,42-38-,46-43-,55-52-. The van der Waals surface area contributed by atoms with E-state index in [1.807, 2.05) is 0 Å². The fraction of sp³-hybridized carbons (Fsp3) is 0.708. The van der Waals surface area contributed by atoms with Crippen molar-refractivity contribution in [2.24, 2.45) is 0 Å². The first-order valence-corrected chi connectivity index (χ1v) is 32.9. The number of hydrogen-bond donors (Lipinski definition) is 0. The van der Waals surface area contributed by atoms with Crippen molar-refractivity contribution in [3.8, 4) is 0 Å². The van der Waals surface area contributed by atoms with E-state index in [0.717, 1.165) is 116 Å². The summed E-state index contributed by atoms with van der Waals surface area (Å²) >= 11 is 0. The lowest BCUT2D eigenvalue weighted by Gasteiger charge is -2.18. The summed E-state index contributed by atoms with van der Waals surface area (Å²) in [6, 6.07) is 0. The summed E-state index contributed by atoms with van der Waals surface area (Å²) in [6.07, 6.45) is 89.7. The van der Waals surface area contributed by atoms with Crippen LogP contribution in [0.15, 0.2) is 109 Å². The van der Waals surface area contributed by atoms with Crippen LogP contribution < -0.4 is 0 Å². The van der Waals surface area contributed by atoms with Gasteiger partial charge in [-0.15, -0.1) is 0 Å². The lowest BCUT2D eigenvalue weighted by Crippen LogP contribution is -2.30. The van der Waals surface area contributed by atoms with Crippen molar-refractivity contribution in [3.05, 3.63) is 109 Å². The maximum atomic E-state index is 12.9. The summed E-state index contributed by atoms with van der Waals surface area (Å²) in [5.74, 6) is -0.966. The molecule has 0 aromatic carbocycles. The molecule has 0 saturated carbocycles. The van der Waals surface area contributed by atoms with Gasteiger partial charge >= 0.3 is 17.9 Å². The first kappa shape index (κ1) is 74.1. The van der Waals surface area contributed by atoms with Crippen LogP contribution in [0.4, 0.5) is 0 Å². The summed E-state index contributed by atoms with van der Waals surface area (Å²) < 4.78 is 16.9. The first-order chi connectivity index (χ1) is 38.5. The monoisotopic (exact) mass is 1080 g/mol. The van der Waals surface area contributed by atoms with Crippen molar-refractivity contribution >= 4 is 17.9 Å². The first-order valence-electron chi connectivity index (χ1n) is 32.9. The van der Waals surface area contributed by atoms with E-state index < -0.39 is 6.10 Å². The summed E-state index contributed by atoms with van der Waals surface area (Å²) in [4.78, 5) is 38.3. The zero-order chi connectivity index (χ0) is 56.4. The molecule has 0 aliphatic heterocycles. The average molecular weight is 1080 g/mol. The van der Waals surface area contributed by atoms with E-state index in [1.54, 1.807) is 0 Å². The Morgan fingerprint density at radius 1 is 0.269 bits per heavy atom. The highest BCUT2D eigenvalue weighted by Crippen LogP contribution is 2.17. The van der Waals surface area contributed by atoms with Gasteiger partial charge < -0.3 is 14.2 Å². The van der Waals surface area contributed by atoms with Crippen molar-refractivity contribution in [2.45, 2.75) is 316 Å². The molecule has 0 rings (SSSR count). The Labute approximate surface area is 482 Å². The quantitative estimate of drug-likeness (QED) is 0.0261. The van der Waals surface area contributed by atoms with Crippen LogP contribution in [-0.2, 0) is 28.6 Å². The number of rotatable bonds is 59. The van der Waals surface area contributed by atoms with Crippen LogP contribution >= 0.6 is 0 Å². The normalized spacial score (nSPS) is 12.8. The lowest BCUT2D eigenvalue weighted by atomic mass is 10.0. The van der Waals surface area contributed by atoms with Crippen LogP contribution in [0.1, 0.15) is 310 Å². The minimum atomic E-state index is -0.811. The SMILES string of the molecule is CC/C=C\C/C=C\C/C=C\C/C=C\C/C=C\CCCC(=O)OCC(COC(=O)CCCCCCCCCCCCCCCCCCCCCCCCCC)OC(=O)CCCCCCCC/C=C\C/C=C\C/C=C\C/C=C\CC. The molecule has 0 radical (unpaired) electrons. The Kier molecular flexibility index (Phi) is 62.3. The van der Waals surface area contributed by atoms with E-state index >= 15 is 0 Å². The van der Waals surface area contributed by atoms with Crippen LogP contribution in [0.2, 0.25) is 0 Å². The minimum Gasteiger partial charge on any atom is -0.462 e. The van der Waals surface area contributed by atoms with Gasteiger partial charge in [-0.3, -0.25) is 14.4 Å². The number of carbonyl (C=O) groups excluding carboxylic acids is 3. The fourth-order valence-corrected chi connectivity index (χ4v) is 9.18. The molecule has 1 atom stereocenters. The summed E-state index contributed by atoms with van der Waals surface area (Å²) in [5.41, 5.74) is 0. The second-order valence-corrected chi connectivity index (χ2v) is 21.6. The minimum absolute atomic E-state index is 0.101. The molecule has 0 aromatic rings. The summed E-state index contributed by atoms with van der Waals surface area (Å²) in [6.45, 7) is 6.39. The Morgan fingerprint density at radius 2 is 0.513 bits per heavy atom. The predicted octanol–water partition coefficient (Wildman–Crippen LogP) is 22.6. The number of esters is 3. The van der Waals surface area contributed by atoms with Gasteiger partial charge in [0.25, 0.3) is 0 Å². The summed E-state index contributed by atoms with van der Waals surface area (Å²) in [5, 5.41) is 0. The van der Waals surface area contributed by atoms with E-state index in [0.29, 0.717) is 19.3 Å². The second-order valence-electron chi connectivity index (χ2n) is 21.6. The van der Waals surface area contributed by atoms with Crippen LogP contribution in [-0.4, -0.2) is 37.2 Å². The van der Waals surface area contributed by atoms with E-state index in [2.05, 4.69) is 130 Å². The fourth-order valence-electron chi connectivity index (χ4n) is 9.18. The van der Waals surface area contributed by atoms with Gasteiger partial charge in [0, 0.05) is 19.3 Å². The predicted molar refractivity (Wildman–Crippen MR) is 339 cm³/mol. The molecule has 6 nitrogen and oxygen atoms in total. The molecular formula is C72H122O6. The molecule has 0 aromatic heterocycles. The molecule has 0 saturated heterocycles. The van der Waals surface area contributed by atoms with Gasteiger partial charge in [-0.25, -0.2) is 0 Å². The maximum Gasteiger partial charge on any atom is 0.306 e. The van der Waals surface area contributed by atoms with Crippen molar-refractivity contribution < 1.29 is 28.6 Å². The number of unbranched alkanes of at least 4 members (excludes halogenated alkanes) is 30. The maximum absolute atomic E-state index is 12.9. The molecule has 0 N–H and O–H groups in total. The molecule has 0 heterocycles. The number of allylic oxidation sites excluding steroid dienone is 18. The van der Waals surface area contributed by atoms with Gasteiger partial charge in [0.15, 0.2) is 6.10 Å². The van der Waals surface area contributed by atoms with Gasteiger partial charge in [-0.1, -0.05) is 304 Å². The molecule has 0 fully saturated rings. The molecule has 0 aliphatic carbocycles. The number of ether oxygens (including phenoxy) is 3. The third kappa shape index (κ3) is 62.9. The van der Waals surface area contributed by atoms with Gasteiger partial charge in [0.05, 0.1) is 0 Å². The number of hydrogen-bond acceptors (Lipinski definition) is 6. The van der Waals surface area contributed by atoms with E-state index in [1.165, 1.54) is 148 Å². The Balaban J connectivity index is 4.41. The van der Waals surface area contributed by atoms with Crippen molar-refractivity contribution in [1.29, 1.82) is 0 Å². The average Bonchev–Trinajstić information content (AvgIpc) is 3.44. The van der Waals surface area contributed by atoms with Crippen LogP contribution in [0, 0.1) is 0 Å². The van der Waals surface area contributed by atoms with Gasteiger partial charge in [-0.05, 0) is 96.3 Å². The molecule has 6 heteroatoms. The third-order valence-electron chi connectivity index (χ3n) is 14.0. The lowest BCUT2D eigenvalue weighted by molar-refractivity contribution is -0.167. The molecule has 1 unspecified atom stereocenters. The van der Waals surface area contributed by atoms with E-state index in [9.17, 15) is 14.4 Å². The van der Waals surface area contributed by atoms with Crippen molar-refractivity contribution in [2.75, 3.05) is 13.2 Å². The Hall–Kier alpha value is -3.93.